The largest absolute Gasteiger partial charge is 0.486 e. The first kappa shape index (κ1) is 28.0. The van der Waals surface area contributed by atoms with Gasteiger partial charge in [-0.15, -0.1) is 0 Å². The van der Waals surface area contributed by atoms with Crippen LogP contribution in [0.15, 0.2) is 54.6 Å². The van der Waals surface area contributed by atoms with Crippen molar-refractivity contribution in [2.24, 2.45) is 0 Å². The molecule has 0 fully saturated rings. The highest BCUT2D eigenvalue weighted by atomic mass is 19.4. The summed E-state index contributed by atoms with van der Waals surface area (Å²) in [5.41, 5.74) is -0.289. The maximum Gasteiger partial charge on any atom is 0.416 e. The summed E-state index contributed by atoms with van der Waals surface area (Å²) in [5.74, 6) is 0.206. The Hall–Kier alpha value is -3.23. The summed E-state index contributed by atoms with van der Waals surface area (Å²) < 4.78 is 49.6. The number of halogens is 3. The maximum atomic E-state index is 12.8. The van der Waals surface area contributed by atoms with E-state index in [-0.39, 0.29) is 18.9 Å². The Morgan fingerprint density at radius 2 is 1.63 bits per heavy atom. The zero-order valence-electron chi connectivity index (χ0n) is 20.5. The topological polar surface area (TPSA) is 67.9 Å². The van der Waals surface area contributed by atoms with Gasteiger partial charge in [0.1, 0.15) is 11.9 Å². The van der Waals surface area contributed by atoms with Crippen molar-refractivity contribution in [3.63, 3.8) is 0 Å². The number of rotatable bonds is 10. The molecule has 0 heterocycles. The van der Waals surface area contributed by atoms with Crippen molar-refractivity contribution in [1.29, 1.82) is 0 Å². The molecule has 35 heavy (non-hydrogen) atoms. The number of alkyl carbamates (subject to hydrolysis) is 1. The van der Waals surface area contributed by atoms with Crippen LogP contribution in [0.25, 0.3) is 0 Å². The van der Waals surface area contributed by atoms with Gasteiger partial charge in [0.15, 0.2) is 0 Å². The molecule has 1 atom stereocenters. The van der Waals surface area contributed by atoms with Crippen molar-refractivity contribution in [2.45, 2.75) is 57.9 Å². The first-order chi connectivity index (χ1) is 16.3. The molecule has 192 valence electrons. The molecule has 2 aromatic rings. The molecule has 1 unspecified atom stereocenters. The molecule has 0 aliphatic heterocycles. The third kappa shape index (κ3) is 10.3. The number of carbonyl (C=O) groups excluding carboxylic acids is 2. The molecule has 0 radical (unpaired) electrons. The van der Waals surface area contributed by atoms with Crippen molar-refractivity contribution >= 4 is 12.0 Å². The van der Waals surface area contributed by atoms with Crippen LogP contribution in [0.3, 0.4) is 0 Å². The van der Waals surface area contributed by atoms with Crippen LogP contribution < -0.4 is 10.1 Å². The molecule has 2 aromatic carbocycles. The monoisotopic (exact) mass is 494 g/mol. The van der Waals surface area contributed by atoms with E-state index in [0.717, 1.165) is 17.7 Å². The van der Waals surface area contributed by atoms with Gasteiger partial charge < -0.3 is 19.7 Å². The molecule has 0 aliphatic carbocycles. The van der Waals surface area contributed by atoms with E-state index >= 15 is 0 Å². The van der Waals surface area contributed by atoms with E-state index in [2.05, 4.69) is 5.32 Å². The average Bonchev–Trinajstić information content (AvgIpc) is 2.78. The molecular formula is C26H33F3N2O4. The van der Waals surface area contributed by atoms with Crippen molar-refractivity contribution < 1.29 is 32.2 Å². The molecule has 0 saturated heterocycles. The summed E-state index contributed by atoms with van der Waals surface area (Å²) in [6.45, 7) is 6.04. The quantitative estimate of drug-likeness (QED) is 0.413. The lowest BCUT2D eigenvalue weighted by atomic mass is 10.1. The Bertz CT molecular complexity index is 942. The first-order valence-corrected chi connectivity index (χ1v) is 11.4. The van der Waals surface area contributed by atoms with Gasteiger partial charge in [0.2, 0.25) is 5.91 Å². The third-order valence-electron chi connectivity index (χ3n) is 5.03. The third-order valence-corrected chi connectivity index (χ3v) is 5.03. The maximum absolute atomic E-state index is 12.8. The van der Waals surface area contributed by atoms with Crippen molar-refractivity contribution in [1.82, 2.24) is 10.2 Å². The van der Waals surface area contributed by atoms with Gasteiger partial charge in [-0.25, -0.2) is 4.79 Å². The van der Waals surface area contributed by atoms with Crippen LogP contribution in [0.4, 0.5) is 18.0 Å². The fourth-order valence-corrected chi connectivity index (χ4v) is 3.21. The van der Waals surface area contributed by atoms with Crippen molar-refractivity contribution in [2.75, 3.05) is 20.2 Å². The second kappa shape index (κ2) is 12.5. The summed E-state index contributed by atoms with van der Waals surface area (Å²) in [4.78, 5) is 25.7. The Morgan fingerprint density at radius 1 is 1.00 bits per heavy atom. The van der Waals surface area contributed by atoms with Gasteiger partial charge in [-0.2, -0.15) is 13.2 Å². The Labute approximate surface area is 204 Å². The van der Waals surface area contributed by atoms with Gasteiger partial charge in [0, 0.05) is 32.0 Å². The Morgan fingerprint density at radius 3 is 2.20 bits per heavy atom. The highest BCUT2D eigenvalue weighted by Gasteiger charge is 2.30. The summed E-state index contributed by atoms with van der Waals surface area (Å²) in [5, 5.41) is 2.68. The van der Waals surface area contributed by atoms with E-state index < -0.39 is 29.5 Å². The second-order valence-corrected chi connectivity index (χ2v) is 9.26. The predicted molar refractivity (Wildman–Crippen MR) is 127 cm³/mol. The van der Waals surface area contributed by atoms with Gasteiger partial charge in [0.05, 0.1) is 12.2 Å². The molecule has 1 N–H and O–H groups in total. The van der Waals surface area contributed by atoms with E-state index in [1.54, 1.807) is 11.9 Å². The Kier molecular flexibility index (Phi) is 9.98. The zero-order valence-corrected chi connectivity index (χ0v) is 20.5. The van der Waals surface area contributed by atoms with Crippen molar-refractivity contribution in [3.05, 3.63) is 65.7 Å². The predicted octanol–water partition coefficient (Wildman–Crippen LogP) is 5.98. The van der Waals surface area contributed by atoms with E-state index in [4.69, 9.17) is 9.47 Å². The molecule has 0 spiro atoms. The SMILES string of the molecule is CN(CCC(Oc1ccc(C(F)(F)F)cc1)c1ccccc1)C(=O)CCCOC(=O)NC(C)(C)C. The molecule has 0 bridgehead atoms. The first-order valence-electron chi connectivity index (χ1n) is 11.4. The van der Waals surface area contributed by atoms with Crippen molar-refractivity contribution in [3.8, 4) is 5.75 Å². The molecule has 9 heteroatoms. The summed E-state index contributed by atoms with van der Waals surface area (Å²) >= 11 is 0. The van der Waals surface area contributed by atoms with Crippen LogP contribution in [0.1, 0.15) is 57.3 Å². The summed E-state index contributed by atoms with van der Waals surface area (Å²) in [7, 11) is 1.68. The number of hydrogen-bond donors (Lipinski definition) is 1. The molecule has 0 saturated carbocycles. The van der Waals surface area contributed by atoms with Gasteiger partial charge in [-0.05, 0) is 57.0 Å². The molecule has 6 nitrogen and oxygen atoms in total. The van der Waals surface area contributed by atoms with Crippen LogP contribution in [-0.4, -0.2) is 42.6 Å². The number of nitrogens with one attached hydrogen (secondary N) is 1. The molecule has 2 rings (SSSR count). The molecule has 2 amide bonds. The lowest BCUT2D eigenvalue weighted by Crippen LogP contribution is -2.41. The normalized spacial score (nSPS) is 12.5. The van der Waals surface area contributed by atoms with E-state index in [0.29, 0.717) is 25.1 Å². The van der Waals surface area contributed by atoms with E-state index in [9.17, 15) is 22.8 Å². The number of ether oxygens (including phenoxy) is 2. The lowest BCUT2D eigenvalue weighted by molar-refractivity contribution is -0.137. The fraction of sp³-hybridized carbons (Fsp3) is 0.462. The van der Waals surface area contributed by atoms with Crippen LogP contribution in [0, 0.1) is 0 Å². The van der Waals surface area contributed by atoms with Crippen LogP contribution in [0.5, 0.6) is 5.75 Å². The zero-order chi connectivity index (χ0) is 26.1. The standard InChI is InChI=1S/C26H33F3N2O4/c1-25(2,3)30-24(33)34-18-8-11-23(32)31(4)17-16-22(19-9-6-5-7-10-19)35-21-14-12-20(13-15-21)26(27,28)29/h5-7,9-10,12-15,22H,8,11,16-18H2,1-4H3,(H,30,33). The lowest BCUT2D eigenvalue weighted by Gasteiger charge is -2.24. The highest BCUT2D eigenvalue weighted by Crippen LogP contribution is 2.32. The minimum Gasteiger partial charge on any atom is -0.486 e. The molecule has 0 aromatic heterocycles. The fourth-order valence-electron chi connectivity index (χ4n) is 3.21. The summed E-state index contributed by atoms with van der Waals surface area (Å²) in [6.07, 6.45) is -4.34. The highest BCUT2D eigenvalue weighted by molar-refractivity contribution is 5.75. The van der Waals surface area contributed by atoms with Gasteiger partial charge in [0.25, 0.3) is 0 Å². The van der Waals surface area contributed by atoms with Gasteiger partial charge >= 0.3 is 12.3 Å². The number of amides is 2. The van der Waals surface area contributed by atoms with E-state index in [1.807, 2.05) is 51.1 Å². The number of nitrogens with zero attached hydrogens (tertiary/aromatic N) is 1. The van der Waals surface area contributed by atoms with Gasteiger partial charge in [-0.3, -0.25) is 4.79 Å². The smallest absolute Gasteiger partial charge is 0.416 e. The van der Waals surface area contributed by atoms with E-state index in [1.165, 1.54) is 12.1 Å². The number of alkyl halides is 3. The van der Waals surface area contributed by atoms with Gasteiger partial charge in [-0.1, -0.05) is 30.3 Å². The minimum absolute atomic E-state index is 0.105. The number of carbonyl (C=O) groups is 2. The number of hydrogen-bond acceptors (Lipinski definition) is 4. The molecular weight excluding hydrogens is 461 g/mol. The molecule has 0 aliphatic rings. The second-order valence-electron chi connectivity index (χ2n) is 9.26. The minimum atomic E-state index is -4.41. The average molecular weight is 495 g/mol. The number of benzene rings is 2. The van der Waals surface area contributed by atoms with Crippen LogP contribution >= 0.6 is 0 Å². The Balaban J connectivity index is 1.89. The van der Waals surface area contributed by atoms with Crippen LogP contribution in [0.2, 0.25) is 0 Å². The van der Waals surface area contributed by atoms with Crippen LogP contribution in [-0.2, 0) is 15.7 Å². The summed E-state index contributed by atoms with van der Waals surface area (Å²) in [6, 6.07) is 13.9.